The van der Waals surface area contributed by atoms with Crippen LogP contribution in [0.4, 0.5) is 0 Å². The number of fused-ring (bicyclic) bond motifs is 3. The smallest absolute Gasteiger partial charge is 0.320 e. The summed E-state index contributed by atoms with van der Waals surface area (Å²) in [5.74, 6) is -0.185. The summed E-state index contributed by atoms with van der Waals surface area (Å²) < 4.78 is 12.5. The fraction of sp³-hybridized carbons (Fsp3) is 0.219. The maximum absolute atomic E-state index is 11.4. The molecule has 0 bridgehead atoms. The number of nitrogens with two attached hydrogens (primary N) is 1. The topological polar surface area (TPSA) is 88.9 Å². The van der Waals surface area contributed by atoms with Crippen LogP contribution in [0.25, 0.3) is 21.9 Å². The Morgan fingerprint density at radius 2 is 1.63 bits per heavy atom. The predicted molar refractivity (Wildman–Crippen MR) is 150 cm³/mol. The molecule has 0 aliphatic rings. The summed E-state index contributed by atoms with van der Waals surface area (Å²) in [5.41, 5.74) is 12.0. The van der Waals surface area contributed by atoms with Gasteiger partial charge >= 0.3 is 5.97 Å². The minimum absolute atomic E-state index is 0.331. The van der Waals surface area contributed by atoms with Crippen LogP contribution in [-0.4, -0.2) is 28.6 Å². The van der Waals surface area contributed by atoms with Crippen molar-refractivity contribution in [3.8, 4) is 5.75 Å². The van der Waals surface area contributed by atoms with Gasteiger partial charge in [0.2, 0.25) is 0 Å². The van der Waals surface area contributed by atoms with Crippen LogP contribution in [-0.2, 0) is 24.5 Å². The molecular formula is C32H32N2O4. The molecule has 0 radical (unpaired) electrons. The Hall–Kier alpha value is -4.13. The monoisotopic (exact) mass is 508 g/mol. The minimum atomic E-state index is -0.994. The summed E-state index contributed by atoms with van der Waals surface area (Å²) in [6.45, 7) is 4.21. The van der Waals surface area contributed by atoms with E-state index in [0.717, 1.165) is 44.4 Å². The molecule has 5 rings (SSSR count). The maximum atomic E-state index is 11.4. The maximum Gasteiger partial charge on any atom is 0.320 e. The molecule has 1 aromatic heterocycles. The molecule has 5 aromatic rings. The second-order valence-electron chi connectivity index (χ2n) is 9.72. The van der Waals surface area contributed by atoms with Crippen molar-refractivity contribution in [1.29, 1.82) is 0 Å². The fourth-order valence-electron chi connectivity index (χ4n) is 4.81. The van der Waals surface area contributed by atoms with E-state index in [2.05, 4.69) is 54.3 Å². The van der Waals surface area contributed by atoms with Gasteiger partial charge in [-0.2, -0.15) is 0 Å². The molecule has 1 atom stereocenters. The number of carboxylic acid groups (broad SMARTS) is 1. The number of rotatable bonds is 11. The van der Waals surface area contributed by atoms with Gasteiger partial charge < -0.3 is 20.0 Å². The van der Waals surface area contributed by atoms with Gasteiger partial charge in [0.15, 0.2) is 0 Å². The quantitative estimate of drug-likeness (QED) is 0.218. The molecule has 6 nitrogen and oxygen atoms in total. The molecule has 0 aliphatic carbocycles. The van der Waals surface area contributed by atoms with Crippen molar-refractivity contribution < 1.29 is 19.1 Å². The molecule has 194 valence electrons. The molecule has 0 spiro atoms. The third-order valence-corrected chi connectivity index (χ3v) is 6.80. The van der Waals surface area contributed by atoms with Crippen LogP contribution in [0.3, 0.4) is 0 Å². The van der Waals surface area contributed by atoms with Crippen LogP contribution in [0, 0.1) is 6.92 Å². The van der Waals surface area contributed by atoms with Crippen molar-refractivity contribution in [2.75, 3.05) is 6.54 Å². The predicted octanol–water partition coefficient (Wildman–Crippen LogP) is 6.28. The van der Waals surface area contributed by atoms with Crippen LogP contribution in [0.1, 0.15) is 28.7 Å². The zero-order valence-electron chi connectivity index (χ0n) is 21.5. The highest BCUT2D eigenvalue weighted by Crippen LogP contribution is 2.32. The molecule has 38 heavy (non-hydrogen) atoms. The summed E-state index contributed by atoms with van der Waals surface area (Å²) in [6, 6.07) is 29.6. The Balaban J connectivity index is 1.41. The summed E-state index contributed by atoms with van der Waals surface area (Å²) in [7, 11) is 0. The first-order valence-electron chi connectivity index (χ1n) is 12.8. The van der Waals surface area contributed by atoms with Crippen LogP contribution in [0.2, 0.25) is 0 Å². The Morgan fingerprint density at radius 3 is 2.47 bits per heavy atom. The van der Waals surface area contributed by atoms with Crippen LogP contribution < -0.4 is 10.5 Å². The van der Waals surface area contributed by atoms with E-state index < -0.39 is 12.0 Å². The van der Waals surface area contributed by atoms with Crippen molar-refractivity contribution in [1.82, 2.24) is 4.90 Å². The Bertz CT molecular complexity index is 1560. The second kappa shape index (κ2) is 11.5. The Labute approximate surface area is 222 Å². The van der Waals surface area contributed by atoms with Gasteiger partial charge in [0.1, 0.15) is 29.6 Å². The van der Waals surface area contributed by atoms with Gasteiger partial charge in [-0.1, -0.05) is 84.4 Å². The molecule has 4 aromatic carbocycles. The van der Waals surface area contributed by atoms with Gasteiger partial charge in [-0.05, 0) is 31.0 Å². The highest BCUT2D eigenvalue weighted by Gasteiger charge is 2.18. The van der Waals surface area contributed by atoms with Crippen LogP contribution >= 0.6 is 0 Å². The van der Waals surface area contributed by atoms with E-state index in [0.29, 0.717) is 32.7 Å². The molecule has 1 heterocycles. The van der Waals surface area contributed by atoms with Gasteiger partial charge in [-0.3, -0.25) is 9.69 Å². The molecule has 6 heteroatoms. The summed E-state index contributed by atoms with van der Waals surface area (Å²) in [4.78, 5) is 13.6. The summed E-state index contributed by atoms with van der Waals surface area (Å²) in [5, 5.41) is 11.5. The van der Waals surface area contributed by atoms with E-state index in [1.165, 1.54) is 5.56 Å². The molecule has 0 unspecified atom stereocenters. The number of hydrogen-bond donors (Lipinski definition) is 2. The molecule has 0 amide bonds. The van der Waals surface area contributed by atoms with Crippen LogP contribution in [0.15, 0.2) is 95.4 Å². The van der Waals surface area contributed by atoms with Crippen molar-refractivity contribution in [2.45, 2.75) is 39.1 Å². The van der Waals surface area contributed by atoms with E-state index in [1.54, 1.807) is 0 Å². The average molecular weight is 509 g/mol. The zero-order valence-corrected chi connectivity index (χ0v) is 21.5. The number of carbonyl (C=O) groups is 1. The minimum Gasteiger partial charge on any atom is -0.489 e. The molecule has 0 saturated carbocycles. The number of nitrogens with zero attached hydrogens (tertiary/aromatic N) is 1. The lowest BCUT2D eigenvalue weighted by Crippen LogP contribution is -2.35. The molecule has 0 aliphatic heterocycles. The number of benzene rings is 4. The highest BCUT2D eigenvalue weighted by molar-refractivity contribution is 6.05. The number of carboxylic acids is 1. The van der Waals surface area contributed by atoms with Gasteiger partial charge in [-0.25, -0.2) is 0 Å². The first-order chi connectivity index (χ1) is 18.5. The lowest BCUT2D eigenvalue weighted by Gasteiger charge is -2.24. The second-order valence-corrected chi connectivity index (χ2v) is 9.72. The van der Waals surface area contributed by atoms with Gasteiger partial charge in [0.25, 0.3) is 0 Å². The van der Waals surface area contributed by atoms with Crippen molar-refractivity contribution in [2.24, 2.45) is 5.73 Å². The number of hydrogen-bond acceptors (Lipinski definition) is 5. The van der Waals surface area contributed by atoms with Gasteiger partial charge in [0, 0.05) is 41.5 Å². The number of furan rings is 1. The number of aliphatic carboxylic acids is 1. The number of para-hydroxylation sites is 3. The Morgan fingerprint density at radius 1 is 0.921 bits per heavy atom. The third-order valence-electron chi connectivity index (χ3n) is 6.80. The van der Waals surface area contributed by atoms with E-state index >= 15 is 0 Å². The fourth-order valence-corrected chi connectivity index (χ4v) is 4.81. The van der Waals surface area contributed by atoms with Crippen molar-refractivity contribution in [3.05, 3.63) is 113 Å². The SMILES string of the molecule is Cc1cccc(COc2ccccc2CN(CC[C@H](N)C(=O)O)Cc2cccc3c2oc2ccccc23)c1. The van der Waals surface area contributed by atoms with Gasteiger partial charge in [0.05, 0.1) is 0 Å². The van der Waals surface area contributed by atoms with Crippen molar-refractivity contribution in [3.63, 3.8) is 0 Å². The van der Waals surface area contributed by atoms with E-state index in [4.69, 9.17) is 14.9 Å². The van der Waals surface area contributed by atoms with E-state index in [1.807, 2.05) is 48.5 Å². The lowest BCUT2D eigenvalue weighted by atomic mass is 10.1. The molecule has 0 saturated heterocycles. The van der Waals surface area contributed by atoms with Gasteiger partial charge in [-0.15, -0.1) is 0 Å². The number of aryl methyl sites for hydroxylation is 1. The largest absolute Gasteiger partial charge is 0.489 e. The molecule has 3 N–H and O–H groups in total. The third kappa shape index (κ3) is 5.88. The normalized spacial score (nSPS) is 12.3. The lowest BCUT2D eigenvalue weighted by molar-refractivity contribution is -0.138. The first kappa shape index (κ1) is 25.5. The van der Waals surface area contributed by atoms with Crippen molar-refractivity contribution >= 4 is 27.9 Å². The van der Waals surface area contributed by atoms with E-state index in [-0.39, 0.29) is 0 Å². The zero-order chi connectivity index (χ0) is 26.5. The molecule has 0 fully saturated rings. The standard InChI is InChI=1S/C32H32N2O4/c1-22-8-6-9-23(18-22)21-37-29-14-4-2-10-24(29)19-34(17-16-28(33)32(35)36)20-25-11-7-13-27-26-12-3-5-15-30(26)38-31(25)27/h2-15,18,28H,16-17,19-21,33H2,1H3,(H,35,36)/t28-/m0/s1. The van der Waals surface area contributed by atoms with E-state index in [9.17, 15) is 9.90 Å². The Kier molecular flexibility index (Phi) is 7.73. The molecular weight excluding hydrogens is 476 g/mol. The average Bonchev–Trinajstić information content (AvgIpc) is 3.31. The number of ether oxygens (including phenoxy) is 1. The first-order valence-corrected chi connectivity index (χ1v) is 12.8. The van der Waals surface area contributed by atoms with Crippen LogP contribution in [0.5, 0.6) is 5.75 Å². The summed E-state index contributed by atoms with van der Waals surface area (Å²) in [6.07, 6.45) is 0.331. The highest BCUT2D eigenvalue weighted by atomic mass is 16.5. The summed E-state index contributed by atoms with van der Waals surface area (Å²) >= 11 is 0.